The monoisotopic (exact) mass is 438 g/mol. The molecule has 0 atom stereocenters. The van der Waals surface area contributed by atoms with Crippen LogP contribution < -0.4 is 10.2 Å². The van der Waals surface area contributed by atoms with Gasteiger partial charge >= 0.3 is 12.4 Å². The van der Waals surface area contributed by atoms with Gasteiger partial charge in [0, 0.05) is 37.9 Å². The molecular formula is C17H13ClF6N4O. The highest BCUT2D eigenvalue weighted by Crippen LogP contribution is 2.35. The molecule has 156 valence electrons. The average Bonchev–Trinajstić information content (AvgIpc) is 2.59. The normalized spacial score (nSPS) is 15.2. The number of hydrogen-bond donors (Lipinski definition) is 1. The largest absolute Gasteiger partial charge is 0.434 e. The number of nitrogens with one attached hydrogen (secondary N) is 1. The van der Waals surface area contributed by atoms with Gasteiger partial charge in [0.2, 0.25) is 0 Å². The van der Waals surface area contributed by atoms with Crippen LogP contribution in [0.25, 0.3) is 0 Å². The van der Waals surface area contributed by atoms with Crippen molar-refractivity contribution in [2.24, 2.45) is 5.92 Å². The van der Waals surface area contributed by atoms with Gasteiger partial charge in [0.1, 0.15) is 5.82 Å². The predicted octanol–water partition coefficient (Wildman–Crippen LogP) is 4.03. The first-order valence-corrected chi connectivity index (χ1v) is 8.62. The highest BCUT2D eigenvalue weighted by molar-refractivity contribution is 6.33. The van der Waals surface area contributed by atoms with Crippen LogP contribution in [0.5, 0.6) is 0 Å². The number of pyridine rings is 2. The van der Waals surface area contributed by atoms with Crippen molar-refractivity contribution in [3.05, 3.63) is 52.4 Å². The second-order valence-corrected chi connectivity index (χ2v) is 6.81. The van der Waals surface area contributed by atoms with Gasteiger partial charge in [0.05, 0.1) is 16.1 Å². The topological polar surface area (TPSA) is 58.1 Å². The Bertz CT molecular complexity index is 912. The fourth-order valence-corrected chi connectivity index (χ4v) is 3.12. The van der Waals surface area contributed by atoms with Gasteiger partial charge in [-0.25, -0.2) is 4.98 Å². The SMILES string of the molecule is O=C(NCC1CN(c2ncc(C(F)(F)F)cc2Cl)C1)c1cccnc1C(F)(F)F. The van der Waals surface area contributed by atoms with E-state index in [4.69, 9.17) is 11.6 Å². The molecule has 2 aromatic rings. The number of amides is 1. The summed E-state index contributed by atoms with van der Waals surface area (Å²) < 4.78 is 76.7. The molecule has 0 bridgehead atoms. The summed E-state index contributed by atoms with van der Waals surface area (Å²) >= 11 is 5.87. The zero-order chi connectivity index (χ0) is 21.4. The zero-order valence-corrected chi connectivity index (χ0v) is 15.2. The first-order valence-electron chi connectivity index (χ1n) is 8.25. The lowest BCUT2D eigenvalue weighted by atomic mass is 10.00. The summed E-state index contributed by atoms with van der Waals surface area (Å²) in [6.45, 7) is 0.745. The Morgan fingerprint density at radius 1 is 1.17 bits per heavy atom. The molecule has 0 spiro atoms. The summed E-state index contributed by atoms with van der Waals surface area (Å²) in [5.74, 6) is -0.853. The van der Waals surface area contributed by atoms with E-state index >= 15 is 0 Å². The minimum absolute atomic E-state index is 0.0831. The van der Waals surface area contributed by atoms with Gasteiger partial charge in [-0.1, -0.05) is 11.6 Å². The minimum Gasteiger partial charge on any atom is -0.355 e. The maximum Gasteiger partial charge on any atom is 0.434 e. The standard InChI is InChI=1S/C17H13ClF6N4O/c18-12-4-10(16(19,20)21)6-26-14(12)28-7-9(8-28)5-27-15(29)11-2-1-3-25-13(11)17(22,23)24/h1-4,6,9H,5,7-8H2,(H,27,29). The molecule has 1 fully saturated rings. The molecule has 1 saturated heterocycles. The van der Waals surface area contributed by atoms with E-state index in [0.29, 0.717) is 19.3 Å². The zero-order valence-electron chi connectivity index (χ0n) is 14.5. The Kier molecular flexibility index (Phi) is 5.61. The van der Waals surface area contributed by atoms with Crippen molar-refractivity contribution < 1.29 is 31.1 Å². The number of nitrogens with zero attached hydrogens (tertiary/aromatic N) is 3. The van der Waals surface area contributed by atoms with Crippen LogP contribution in [-0.4, -0.2) is 35.5 Å². The Morgan fingerprint density at radius 2 is 1.86 bits per heavy atom. The Morgan fingerprint density at radius 3 is 2.45 bits per heavy atom. The second-order valence-electron chi connectivity index (χ2n) is 6.41. The summed E-state index contributed by atoms with van der Waals surface area (Å²) in [7, 11) is 0. The molecule has 3 heterocycles. The minimum atomic E-state index is -4.76. The molecule has 0 unspecified atom stereocenters. The van der Waals surface area contributed by atoms with Crippen molar-refractivity contribution in [3.63, 3.8) is 0 Å². The van der Waals surface area contributed by atoms with Gasteiger partial charge in [0.25, 0.3) is 5.91 Å². The fraction of sp³-hybridized carbons (Fsp3) is 0.353. The predicted molar refractivity (Wildman–Crippen MR) is 91.5 cm³/mol. The molecule has 0 aromatic carbocycles. The van der Waals surface area contributed by atoms with Crippen LogP contribution in [0, 0.1) is 5.92 Å². The molecule has 0 saturated carbocycles. The maximum absolute atomic E-state index is 12.9. The maximum atomic E-state index is 12.9. The number of rotatable bonds is 4. The van der Waals surface area contributed by atoms with Gasteiger partial charge in [-0.15, -0.1) is 0 Å². The van der Waals surface area contributed by atoms with Crippen LogP contribution in [0.1, 0.15) is 21.6 Å². The molecule has 1 N–H and O–H groups in total. The number of anilines is 1. The van der Waals surface area contributed by atoms with Crippen molar-refractivity contribution in [1.82, 2.24) is 15.3 Å². The lowest BCUT2D eigenvalue weighted by Crippen LogP contribution is -2.52. The second kappa shape index (κ2) is 7.69. The molecular weight excluding hydrogens is 426 g/mol. The lowest BCUT2D eigenvalue weighted by Gasteiger charge is -2.40. The fourth-order valence-electron chi connectivity index (χ4n) is 2.84. The van der Waals surface area contributed by atoms with Crippen LogP contribution in [0.2, 0.25) is 5.02 Å². The third kappa shape index (κ3) is 4.72. The molecule has 29 heavy (non-hydrogen) atoms. The van der Waals surface area contributed by atoms with Crippen molar-refractivity contribution in [2.45, 2.75) is 12.4 Å². The highest BCUT2D eigenvalue weighted by atomic mass is 35.5. The van der Waals surface area contributed by atoms with E-state index in [2.05, 4.69) is 15.3 Å². The van der Waals surface area contributed by atoms with Gasteiger partial charge in [0.15, 0.2) is 5.69 Å². The van der Waals surface area contributed by atoms with E-state index in [0.717, 1.165) is 18.3 Å². The average molecular weight is 439 g/mol. The first-order chi connectivity index (χ1) is 13.5. The summed E-state index contributed by atoms with van der Waals surface area (Å²) in [6.07, 6.45) is -7.69. The van der Waals surface area contributed by atoms with Crippen LogP contribution >= 0.6 is 11.6 Å². The van der Waals surface area contributed by atoms with Gasteiger partial charge in [-0.05, 0) is 18.2 Å². The van der Waals surface area contributed by atoms with E-state index in [1.54, 1.807) is 4.90 Å². The van der Waals surface area contributed by atoms with Crippen LogP contribution in [-0.2, 0) is 12.4 Å². The Labute approximate surface area is 165 Å². The summed E-state index contributed by atoms with van der Waals surface area (Å²) in [6, 6.07) is 3.04. The van der Waals surface area contributed by atoms with Crippen LogP contribution in [0.15, 0.2) is 30.6 Å². The molecule has 1 aliphatic rings. The van der Waals surface area contributed by atoms with Crippen molar-refractivity contribution in [1.29, 1.82) is 0 Å². The van der Waals surface area contributed by atoms with Crippen LogP contribution in [0.3, 0.4) is 0 Å². The quantitative estimate of drug-likeness (QED) is 0.732. The number of hydrogen-bond acceptors (Lipinski definition) is 4. The molecule has 12 heteroatoms. The number of carbonyl (C=O) groups excluding carboxylic acids is 1. The van der Waals surface area contributed by atoms with Crippen molar-refractivity contribution >= 4 is 23.3 Å². The molecule has 1 amide bonds. The van der Waals surface area contributed by atoms with Crippen LogP contribution in [0.4, 0.5) is 32.2 Å². The molecule has 1 aliphatic heterocycles. The van der Waals surface area contributed by atoms with E-state index in [-0.39, 0.29) is 23.3 Å². The number of alkyl halides is 6. The molecule has 3 rings (SSSR count). The van der Waals surface area contributed by atoms with E-state index in [1.165, 1.54) is 6.07 Å². The summed E-state index contributed by atoms with van der Waals surface area (Å²) in [5.41, 5.74) is -2.82. The lowest BCUT2D eigenvalue weighted by molar-refractivity contribution is -0.141. The van der Waals surface area contributed by atoms with E-state index < -0.39 is 35.1 Å². The number of carbonyl (C=O) groups is 1. The third-order valence-corrected chi connectivity index (χ3v) is 4.56. The van der Waals surface area contributed by atoms with E-state index in [1.807, 2.05) is 0 Å². The first kappa shape index (κ1) is 21.2. The van der Waals surface area contributed by atoms with E-state index in [9.17, 15) is 31.1 Å². The van der Waals surface area contributed by atoms with Gasteiger partial charge in [-0.3, -0.25) is 9.78 Å². The molecule has 2 aromatic heterocycles. The van der Waals surface area contributed by atoms with Crippen molar-refractivity contribution in [2.75, 3.05) is 24.5 Å². The smallest absolute Gasteiger partial charge is 0.355 e. The Balaban J connectivity index is 1.57. The third-order valence-electron chi connectivity index (χ3n) is 4.28. The van der Waals surface area contributed by atoms with Gasteiger partial charge in [-0.2, -0.15) is 26.3 Å². The Hall–Kier alpha value is -2.56. The number of aromatic nitrogens is 2. The summed E-state index contributed by atoms with van der Waals surface area (Å²) in [5, 5.41) is 2.26. The molecule has 5 nitrogen and oxygen atoms in total. The molecule has 0 aliphatic carbocycles. The number of halogens is 7. The van der Waals surface area contributed by atoms with Crippen molar-refractivity contribution in [3.8, 4) is 0 Å². The highest BCUT2D eigenvalue weighted by Gasteiger charge is 2.37. The summed E-state index contributed by atoms with van der Waals surface area (Å²) in [4.78, 5) is 20.7. The van der Waals surface area contributed by atoms with Gasteiger partial charge < -0.3 is 10.2 Å². The molecule has 0 radical (unpaired) electrons.